The van der Waals surface area contributed by atoms with E-state index in [0.717, 1.165) is 25.7 Å². The Morgan fingerprint density at radius 3 is 1.14 bits per heavy atom. The summed E-state index contributed by atoms with van der Waals surface area (Å²) < 4.78 is 13.2. The van der Waals surface area contributed by atoms with Crippen LogP contribution < -0.4 is 10.6 Å². The first-order valence-electron chi connectivity index (χ1n) is 32.3. The van der Waals surface area contributed by atoms with Gasteiger partial charge < -0.3 is 40.5 Å². The van der Waals surface area contributed by atoms with Crippen LogP contribution in [0.5, 0.6) is 0 Å². The number of carbonyl (C=O) groups is 1. The van der Waals surface area contributed by atoms with Crippen molar-refractivity contribution in [2.24, 2.45) is 104 Å². The summed E-state index contributed by atoms with van der Waals surface area (Å²) in [5, 5.41) is 51.5. The highest BCUT2D eigenvalue weighted by atomic mass is 35.5. The second kappa shape index (κ2) is 26.0. The highest BCUT2D eigenvalue weighted by Gasteiger charge is 2.69. The summed E-state index contributed by atoms with van der Waals surface area (Å²) in [6, 6.07) is 0.984. The number of nitrogens with one attached hydrogen (secondary N) is 2. The molecule has 0 radical (unpaired) electrons. The van der Waals surface area contributed by atoms with Crippen LogP contribution in [0.2, 0.25) is 0 Å². The lowest BCUT2D eigenvalue weighted by atomic mass is 9.43. The topological polar surface area (TPSA) is 141 Å². The van der Waals surface area contributed by atoms with Crippen molar-refractivity contribution in [1.82, 2.24) is 10.6 Å². The molecule has 0 aromatic rings. The zero-order valence-corrected chi connectivity index (χ0v) is 51.9. The fourth-order valence-electron chi connectivity index (χ4n) is 24.0. The van der Waals surface area contributed by atoms with Gasteiger partial charge in [0.05, 0.1) is 36.6 Å². The van der Waals surface area contributed by atoms with Crippen LogP contribution in [-0.2, 0) is 14.3 Å². The number of rotatable bonds is 2. The Kier molecular flexibility index (Phi) is 22.7. The quantitative estimate of drug-likeness (QED) is 0.149. The van der Waals surface area contributed by atoms with Crippen LogP contribution >= 0.6 is 12.4 Å². The molecular weight excluding hydrogens is 1050 g/mol. The predicted molar refractivity (Wildman–Crippen MR) is 348 cm³/mol. The Bertz CT molecular complexity index is 2220. The maximum absolute atomic E-state index is 12.4. The maximum Gasteiger partial charge on any atom is 0.163 e. The van der Waals surface area contributed by atoms with Gasteiger partial charge >= 0.3 is 0 Å². The van der Waals surface area contributed by atoms with Crippen molar-refractivity contribution in [3.05, 3.63) is 34.9 Å². The molecule has 0 spiro atoms. The summed E-state index contributed by atoms with van der Waals surface area (Å²) in [6.07, 6.45) is 29.3. The largest absolute Gasteiger partial charge is 0.390 e. The van der Waals surface area contributed by atoms with Gasteiger partial charge in [0.25, 0.3) is 0 Å². The molecule has 13 aliphatic rings. The van der Waals surface area contributed by atoms with Crippen molar-refractivity contribution in [3.8, 4) is 0 Å². The van der Waals surface area contributed by atoms with Gasteiger partial charge in [0, 0.05) is 30.8 Å². The normalized spacial score (nSPS) is 52.3. The van der Waals surface area contributed by atoms with Crippen LogP contribution in [0.15, 0.2) is 34.9 Å². The van der Waals surface area contributed by atoms with Gasteiger partial charge in [-0.25, -0.2) is 0 Å². The molecule has 13 fully saturated rings. The third kappa shape index (κ3) is 11.0. The number of ketones is 1. The summed E-state index contributed by atoms with van der Waals surface area (Å²) in [6.45, 7) is 25.5. The lowest BCUT2D eigenvalue weighted by Crippen LogP contribution is -2.64. The van der Waals surface area contributed by atoms with E-state index in [9.17, 15) is 25.2 Å². The number of hydrogen-bond donors (Lipinski definition) is 6. The van der Waals surface area contributed by atoms with Gasteiger partial charge in [-0.15, -0.1) is 12.4 Å². The first kappa shape index (κ1) is 72.6. The van der Waals surface area contributed by atoms with Gasteiger partial charge in [-0.05, 0) is 268 Å². The molecule has 0 bridgehead atoms. The van der Waals surface area contributed by atoms with E-state index in [4.69, 9.17) is 9.47 Å². The molecule has 1 heterocycles. The number of hydrogen-bond acceptors (Lipinski definition) is 9. The van der Waals surface area contributed by atoms with Crippen molar-refractivity contribution in [2.75, 3.05) is 14.1 Å². The highest BCUT2D eigenvalue weighted by Crippen LogP contribution is 2.72. The number of aliphatic hydroxyl groups is 4. The summed E-state index contributed by atoms with van der Waals surface area (Å²) >= 11 is 0. The van der Waals surface area contributed by atoms with E-state index in [1.165, 1.54) is 103 Å². The molecule has 0 aromatic carbocycles. The van der Waals surface area contributed by atoms with Gasteiger partial charge in [-0.1, -0.05) is 114 Å². The van der Waals surface area contributed by atoms with Gasteiger partial charge in [-0.2, -0.15) is 0 Å². The van der Waals surface area contributed by atoms with Crippen molar-refractivity contribution in [3.63, 3.8) is 0 Å². The Hall–Kier alpha value is -1.14. The van der Waals surface area contributed by atoms with Crippen LogP contribution in [0.25, 0.3) is 0 Å². The van der Waals surface area contributed by atoms with Gasteiger partial charge in [-0.3, -0.25) is 4.79 Å². The van der Waals surface area contributed by atoms with Gasteiger partial charge in [0.1, 0.15) is 5.78 Å². The van der Waals surface area contributed by atoms with Crippen LogP contribution in [-0.4, -0.2) is 94.8 Å². The molecule has 12 aliphatic carbocycles. The molecule has 10 heteroatoms. The van der Waals surface area contributed by atoms with Gasteiger partial charge in [0.2, 0.25) is 0 Å². The van der Waals surface area contributed by atoms with Crippen molar-refractivity contribution in [1.29, 1.82) is 0 Å². The zero-order chi connectivity index (χ0) is 55.2. The van der Waals surface area contributed by atoms with Crippen LogP contribution in [0.1, 0.15) is 248 Å². The average molecular weight is 1180 g/mol. The fourth-order valence-corrected chi connectivity index (χ4v) is 24.0. The lowest BCUT2D eigenvalue weighted by Gasteiger charge is -2.63. The molecule has 0 aromatic heterocycles. The Labute approximate surface area is 516 Å². The van der Waals surface area contributed by atoms with E-state index in [0.29, 0.717) is 77.0 Å². The molecule has 1 aliphatic heterocycles. The minimum atomic E-state index is -0.556. The first-order chi connectivity index (χ1) is 36.4. The third-order valence-electron chi connectivity index (χ3n) is 28.3. The smallest absolute Gasteiger partial charge is 0.163 e. The van der Waals surface area contributed by atoms with E-state index < -0.39 is 30.2 Å². The number of aliphatic hydroxyl groups excluding tert-OH is 4. The lowest BCUT2D eigenvalue weighted by molar-refractivity contribution is -0.211. The second-order valence-corrected chi connectivity index (χ2v) is 30.9. The highest BCUT2D eigenvalue weighted by molar-refractivity contribution is 5.85. The molecule has 0 amide bonds. The van der Waals surface area contributed by atoms with E-state index in [2.05, 4.69) is 105 Å². The van der Waals surface area contributed by atoms with Gasteiger partial charge in [0.15, 0.2) is 5.79 Å². The molecule has 26 atom stereocenters. The van der Waals surface area contributed by atoms with Crippen LogP contribution in [0, 0.1) is 104 Å². The zero-order valence-electron chi connectivity index (χ0n) is 51.1. The van der Waals surface area contributed by atoms with E-state index in [1.54, 1.807) is 16.7 Å². The molecule has 1 saturated heterocycles. The monoisotopic (exact) mass is 1180 g/mol. The molecule has 13 rings (SSSR count). The number of allylic oxidation sites excluding steroid dienone is 6. The number of halogens is 1. The number of ether oxygens (including phenoxy) is 2. The summed E-state index contributed by atoms with van der Waals surface area (Å²) in [7, 11) is 4.07. The average Bonchev–Trinajstić information content (AvgIpc) is 2.28. The number of fused-ring (bicyclic) bond motifs is 18. The summed E-state index contributed by atoms with van der Waals surface area (Å²) in [5.74, 6) is 5.44. The van der Waals surface area contributed by atoms with Crippen molar-refractivity contribution < 1.29 is 34.7 Å². The molecular formula is C73H131ClN2O7. The Balaban J connectivity index is 0.000000220. The van der Waals surface area contributed by atoms with Crippen LogP contribution in [0.3, 0.4) is 0 Å². The first-order valence-corrected chi connectivity index (χ1v) is 32.3. The number of Topliss-reactive ketones (excluding diaryl/α,β-unsaturated/α-hetero) is 1. The molecule has 9 nitrogen and oxygen atoms in total. The van der Waals surface area contributed by atoms with Crippen molar-refractivity contribution >= 4 is 18.2 Å². The third-order valence-corrected chi connectivity index (χ3v) is 28.3. The van der Waals surface area contributed by atoms with E-state index in [-0.39, 0.29) is 112 Å². The fraction of sp³-hybridized carbons (Fsp3) is 0.904. The number of carbonyl (C=O) groups excluding carboxylic acids is 1. The standard InChI is InChI=1S/C24H36O3.2C22H37NO2.5CH4.ClH/c1-6-14-7-8-16-19-17(10-12-23(14,16)4)24(5)11-9-15(25)13-18(24)20-21(19)27-22(2,3)26-20;2*1-5-13-6-7-15-18-16(9-11-21(13,15)2)22(3)10-8-14(23-4)12-17(22)19(24)20(18)25;;;;;;/h6,16-21H,7-13H2,1-5H3;2*5,14-20,23-25H,6-12H2,1-4H3;5*1H4;1H/b14-6-;2*13-5-;;;;;;/t16?,17?,18?,19?,20-,21-,23-,24-;2*14?,15?,16?,17?,18?,19-,20-,21-,22-;;;;;;/m111....../s1. The predicted octanol–water partition coefficient (Wildman–Crippen LogP) is 15.9. The molecule has 6 N–H and O–H groups in total. The summed E-state index contributed by atoms with van der Waals surface area (Å²) in [4.78, 5) is 12.4. The molecule has 83 heavy (non-hydrogen) atoms. The molecule has 12 saturated carbocycles. The van der Waals surface area contributed by atoms with Crippen LogP contribution in [0.4, 0.5) is 0 Å². The molecule has 14 unspecified atom stereocenters. The Morgan fingerprint density at radius 1 is 0.422 bits per heavy atom. The molecule has 482 valence electrons. The Morgan fingerprint density at radius 2 is 0.771 bits per heavy atom. The van der Waals surface area contributed by atoms with E-state index in [1.807, 2.05) is 14.1 Å². The minimum absolute atomic E-state index is 0. The minimum Gasteiger partial charge on any atom is -0.390 e. The van der Waals surface area contributed by atoms with E-state index >= 15 is 0 Å². The summed E-state index contributed by atoms with van der Waals surface area (Å²) in [5.41, 5.74) is 6.32. The maximum atomic E-state index is 12.4. The second-order valence-electron chi connectivity index (χ2n) is 30.9. The van der Waals surface area contributed by atoms with Crippen molar-refractivity contribution in [2.45, 2.75) is 303 Å². The SMILES string of the molecule is C.C.C.C.C.C/C=C1/CCC2C3C(CC[C@]12C)[C@@]1(C)CCC(=O)CC1[C@H]1OC(C)(C)O[C@H]31.C/C=C1/CCC2C3C(CC[C@]12C)[C@@]1(C)CCC(NC)CC1[C@@H](O)[C@@H]3O.C/C=C1/CCC2C3C(CC[C@]12C)[C@@]1(C)CCC(NC)CC1[C@@H](O)[C@@H]3O.Cl.